The molecular weight excluding hydrogens is 292 g/mol. The summed E-state index contributed by atoms with van der Waals surface area (Å²) >= 11 is 6.03. The molecule has 0 radical (unpaired) electrons. The third-order valence-electron chi connectivity index (χ3n) is 3.99. The van der Waals surface area contributed by atoms with Crippen molar-refractivity contribution in [1.82, 2.24) is 5.01 Å². The SMILES string of the molecule is Clc1ccc(/C(=N/N2CCCCCC2)c2ccccc2)cc1. The van der Waals surface area contributed by atoms with Crippen molar-refractivity contribution in [3.63, 3.8) is 0 Å². The number of rotatable bonds is 3. The number of hydrogen-bond donors (Lipinski definition) is 0. The van der Waals surface area contributed by atoms with Crippen LogP contribution in [0.2, 0.25) is 5.02 Å². The minimum atomic E-state index is 0.755. The Bertz CT molecular complexity index is 612. The van der Waals surface area contributed by atoms with Crippen LogP contribution in [0, 0.1) is 0 Å². The van der Waals surface area contributed by atoms with E-state index in [0.717, 1.165) is 35.0 Å². The van der Waals surface area contributed by atoms with Crippen LogP contribution in [0.1, 0.15) is 36.8 Å². The van der Waals surface area contributed by atoms with Gasteiger partial charge in [0, 0.05) is 29.2 Å². The van der Waals surface area contributed by atoms with Gasteiger partial charge in [-0.15, -0.1) is 0 Å². The van der Waals surface area contributed by atoms with Gasteiger partial charge in [0.25, 0.3) is 0 Å². The maximum Gasteiger partial charge on any atom is 0.0976 e. The number of halogens is 1. The lowest BCUT2D eigenvalue weighted by Crippen LogP contribution is -2.21. The van der Waals surface area contributed by atoms with Crippen molar-refractivity contribution in [3.05, 3.63) is 70.7 Å². The van der Waals surface area contributed by atoms with Crippen LogP contribution in [0.3, 0.4) is 0 Å². The van der Waals surface area contributed by atoms with Gasteiger partial charge in [-0.2, -0.15) is 5.10 Å². The zero-order valence-electron chi connectivity index (χ0n) is 12.7. The molecule has 2 aromatic carbocycles. The Hall–Kier alpha value is -1.80. The quantitative estimate of drug-likeness (QED) is 0.731. The first-order valence-corrected chi connectivity index (χ1v) is 8.36. The zero-order chi connectivity index (χ0) is 15.2. The second-order valence-electron chi connectivity index (χ2n) is 5.69. The van der Waals surface area contributed by atoms with Crippen LogP contribution >= 0.6 is 11.6 Å². The zero-order valence-corrected chi connectivity index (χ0v) is 13.5. The van der Waals surface area contributed by atoms with Crippen molar-refractivity contribution in [3.8, 4) is 0 Å². The van der Waals surface area contributed by atoms with Crippen molar-refractivity contribution in [2.75, 3.05) is 13.1 Å². The molecule has 0 aromatic heterocycles. The van der Waals surface area contributed by atoms with Gasteiger partial charge in [-0.25, -0.2) is 0 Å². The number of benzene rings is 2. The molecule has 3 heteroatoms. The summed E-state index contributed by atoms with van der Waals surface area (Å²) < 4.78 is 0. The third kappa shape index (κ3) is 3.89. The van der Waals surface area contributed by atoms with Crippen LogP contribution in [0.25, 0.3) is 0 Å². The van der Waals surface area contributed by atoms with Crippen molar-refractivity contribution >= 4 is 17.3 Å². The van der Waals surface area contributed by atoms with E-state index < -0.39 is 0 Å². The molecule has 0 unspecified atom stereocenters. The molecule has 1 fully saturated rings. The lowest BCUT2D eigenvalue weighted by Gasteiger charge is -2.19. The maximum absolute atomic E-state index is 6.03. The minimum Gasteiger partial charge on any atom is -0.296 e. The van der Waals surface area contributed by atoms with E-state index in [1.165, 1.54) is 25.7 Å². The van der Waals surface area contributed by atoms with E-state index >= 15 is 0 Å². The van der Waals surface area contributed by atoms with Crippen molar-refractivity contribution in [2.45, 2.75) is 25.7 Å². The van der Waals surface area contributed by atoms with Gasteiger partial charge in [0.1, 0.15) is 0 Å². The number of hydrogen-bond acceptors (Lipinski definition) is 2. The van der Waals surface area contributed by atoms with Gasteiger partial charge in [-0.3, -0.25) is 5.01 Å². The highest BCUT2D eigenvalue weighted by Crippen LogP contribution is 2.17. The summed E-state index contributed by atoms with van der Waals surface area (Å²) in [6, 6.07) is 18.3. The van der Waals surface area contributed by atoms with Gasteiger partial charge in [-0.05, 0) is 25.0 Å². The molecule has 0 amide bonds. The smallest absolute Gasteiger partial charge is 0.0976 e. The molecule has 1 aliphatic heterocycles. The van der Waals surface area contributed by atoms with E-state index in [2.05, 4.69) is 29.3 Å². The predicted molar refractivity (Wildman–Crippen MR) is 93.6 cm³/mol. The highest BCUT2D eigenvalue weighted by Gasteiger charge is 2.11. The summed E-state index contributed by atoms with van der Waals surface area (Å²) in [5.41, 5.74) is 3.29. The van der Waals surface area contributed by atoms with E-state index in [0.29, 0.717) is 0 Å². The molecule has 2 nitrogen and oxygen atoms in total. The van der Waals surface area contributed by atoms with Gasteiger partial charge in [0.2, 0.25) is 0 Å². The fourth-order valence-electron chi connectivity index (χ4n) is 2.78. The van der Waals surface area contributed by atoms with Crippen LogP contribution in [0.5, 0.6) is 0 Å². The fraction of sp³-hybridized carbons (Fsp3) is 0.316. The largest absolute Gasteiger partial charge is 0.296 e. The van der Waals surface area contributed by atoms with Gasteiger partial charge < -0.3 is 0 Å². The molecule has 2 aromatic rings. The summed E-state index contributed by atoms with van der Waals surface area (Å²) in [4.78, 5) is 0. The van der Waals surface area contributed by atoms with Crippen LogP contribution < -0.4 is 0 Å². The fourth-order valence-corrected chi connectivity index (χ4v) is 2.91. The summed E-state index contributed by atoms with van der Waals surface area (Å²) in [6.45, 7) is 2.09. The Morgan fingerprint density at radius 1 is 0.773 bits per heavy atom. The highest BCUT2D eigenvalue weighted by atomic mass is 35.5. The Labute approximate surface area is 137 Å². The molecule has 0 saturated carbocycles. The summed E-state index contributed by atoms with van der Waals surface area (Å²) in [5, 5.41) is 7.95. The molecule has 0 bridgehead atoms. The molecule has 22 heavy (non-hydrogen) atoms. The van der Waals surface area contributed by atoms with Crippen LogP contribution in [-0.2, 0) is 0 Å². The molecule has 0 spiro atoms. The van der Waals surface area contributed by atoms with Crippen LogP contribution in [0.4, 0.5) is 0 Å². The normalized spacial score (nSPS) is 16.4. The molecular formula is C19H21ClN2. The van der Waals surface area contributed by atoms with E-state index in [-0.39, 0.29) is 0 Å². The molecule has 1 aliphatic rings. The summed E-state index contributed by atoms with van der Waals surface area (Å²) in [6.07, 6.45) is 5.08. The Morgan fingerprint density at radius 2 is 1.36 bits per heavy atom. The average molecular weight is 313 g/mol. The standard InChI is InChI=1S/C19H21ClN2/c20-18-12-10-17(11-13-18)19(16-8-4-3-5-9-16)21-22-14-6-1-2-7-15-22/h3-5,8-13H,1-2,6-7,14-15H2/b21-19+. The van der Waals surface area contributed by atoms with Gasteiger partial charge in [0.15, 0.2) is 0 Å². The Kier molecular flexibility index (Phi) is 5.12. The monoisotopic (exact) mass is 312 g/mol. The molecule has 0 N–H and O–H groups in total. The average Bonchev–Trinajstić information content (AvgIpc) is 2.83. The molecule has 0 aliphatic carbocycles. The van der Waals surface area contributed by atoms with Crippen molar-refractivity contribution < 1.29 is 0 Å². The Morgan fingerprint density at radius 3 is 2.00 bits per heavy atom. The molecule has 0 atom stereocenters. The molecule has 1 saturated heterocycles. The van der Waals surface area contributed by atoms with Gasteiger partial charge in [-0.1, -0.05) is 66.9 Å². The molecule has 3 rings (SSSR count). The number of hydrazone groups is 1. The second kappa shape index (κ2) is 7.46. The maximum atomic E-state index is 6.03. The molecule has 1 heterocycles. The van der Waals surface area contributed by atoms with Gasteiger partial charge >= 0.3 is 0 Å². The first-order valence-electron chi connectivity index (χ1n) is 7.98. The third-order valence-corrected chi connectivity index (χ3v) is 4.24. The van der Waals surface area contributed by atoms with E-state index in [4.69, 9.17) is 16.7 Å². The summed E-state index contributed by atoms with van der Waals surface area (Å²) in [7, 11) is 0. The van der Waals surface area contributed by atoms with E-state index in [1.807, 2.05) is 30.3 Å². The summed E-state index contributed by atoms with van der Waals surface area (Å²) in [5.74, 6) is 0. The minimum absolute atomic E-state index is 0.755. The number of nitrogens with zero attached hydrogens (tertiary/aromatic N) is 2. The topological polar surface area (TPSA) is 15.6 Å². The Balaban J connectivity index is 1.96. The van der Waals surface area contributed by atoms with Gasteiger partial charge in [0.05, 0.1) is 5.71 Å². The van der Waals surface area contributed by atoms with E-state index in [9.17, 15) is 0 Å². The van der Waals surface area contributed by atoms with Crippen LogP contribution in [-0.4, -0.2) is 23.8 Å². The lowest BCUT2D eigenvalue weighted by molar-refractivity contribution is 0.301. The second-order valence-corrected chi connectivity index (χ2v) is 6.13. The highest BCUT2D eigenvalue weighted by molar-refractivity contribution is 6.30. The van der Waals surface area contributed by atoms with Crippen molar-refractivity contribution in [2.24, 2.45) is 5.10 Å². The first-order chi connectivity index (χ1) is 10.8. The lowest BCUT2D eigenvalue weighted by atomic mass is 10.0. The predicted octanol–water partition coefficient (Wildman–Crippen LogP) is 4.97. The van der Waals surface area contributed by atoms with E-state index in [1.54, 1.807) is 0 Å². The first kappa shape index (κ1) is 15.1. The molecule has 114 valence electrons. The van der Waals surface area contributed by atoms with Crippen LogP contribution in [0.15, 0.2) is 59.7 Å². The van der Waals surface area contributed by atoms with Crippen molar-refractivity contribution in [1.29, 1.82) is 0 Å².